The van der Waals surface area contributed by atoms with Gasteiger partial charge in [-0.2, -0.15) is 0 Å². The molecule has 0 saturated carbocycles. The zero-order valence-corrected chi connectivity index (χ0v) is 12.2. The lowest BCUT2D eigenvalue weighted by Gasteiger charge is -2.16. The molecule has 1 fully saturated rings. The van der Waals surface area contributed by atoms with E-state index in [0.29, 0.717) is 12.2 Å². The van der Waals surface area contributed by atoms with Crippen LogP contribution in [0.1, 0.15) is 18.4 Å². The molecule has 2 heterocycles. The Morgan fingerprint density at radius 1 is 1.18 bits per heavy atom. The fraction of sp³-hybridized carbons (Fsp3) is 0.312. The molecular formula is C16H18N4O2. The molecule has 0 aliphatic carbocycles. The summed E-state index contributed by atoms with van der Waals surface area (Å²) in [6.07, 6.45) is 4.28. The second-order valence-corrected chi connectivity index (χ2v) is 5.35. The number of hydrogen-bond acceptors (Lipinski definition) is 5. The Labute approximate surface area is 128 Å². The number of nitrogens with zero attached hydrogens (tertiary/aromatic N) is 3. The number of para-hydroxylation sites is 2. The third-order valence-corrected chi connectivity index (χ3v) is 3.82. The van der Waals surface area contributed by atoms with Gasteiger partial charge in [-0.3, -0.25) is 10.1 Å². The lowest BCUT2D eigenvalue weighted by atomic mass is 10.2. The van der Waals surface area contributed by atoms with Crippen molar-refractivity contribution in [2.45, 2.75) is 19.4 Å². The molecule has 1 N–H and O–H groups in total. The highest BCUT2D eigenvalue weighted by atomic mass is 16.6. The lowest BCUT2D eigenvalue weighted by Crippen LogP contribution is -2.18. The van der Waals surface area contributed by atoms with Crippen molar-refractivity contribution >= 4 is 17.2 Å². The Bertz CT molecular complexity index is 651. The minimum atomic E-state index is -0.378. The van der Waals surface area contributed by atoms with Gasteiger partial charge in [-0.25, -0.2) is 4.98 Å². The summed E-state index contributed by atoms with van der Waals surface area (Å²) in [5.74, 6) is 1.01. The summed E-state index contributed by atoms with van der Waals surface area (Å²) in [4.78, 5) is 17.4. The van der Waals surface area contributed by atoms with E-state index in [1.165, 1.54) is 18.9 Å². The summed E-state index contributed by atoms with van der Waals surface area (Å²) in [5, 5.41) is 14.1. The quantitative estimate of drug-likeness (QED) is 0.678. The van der Waals surface area contributed by atoms with Crippen LogP contribution in [0.25, 0.3) is 0 Å². The fourth-order valence-electron chi connectivity index (χ4n) is 2.63. The number of rotatable bonds is 5. The first kappa shape index (κ1) is 14.3. The Morgan fingerprint density at radius 2 is 1.95 bits per heavy atom. The van der Waals surface area contributed by atoms with Crippen molar-refractivity contribution in [3.63, 3.8) is 0 Å². The highest BCUT2D eigenvalue weighted by Crippen LogP contribution is 2.24. The monoisotopic (exact) mass is 298 g/mol. The normalized spacial score (nSPS) is 14.1. The molecule has 0 atom stereocenters. The van der Waals surface area contributed by atoms with Crippen molar-refractivity contribution in [3.8, 4) is 0 Å². The molecule has 1 aliphatic rings. The molecule has 1 saturated heterocycles. The number of anilines is 2. The van der Waals surface area contributed by atoms with Crippen molar-refractivity contribution in [2.75, 3.05) is 23.3 Å². The molecule has 6 nitrogen and oxygen atoms in total. The Balaban J connectivity index is 1.65. The smallest absolute Gasteiger partial charge is 0.292 e. The largest absolute Gasteiger partial charge is 0.375 e. The number of pyridine rings is 1. The van der Waals surface area contributed by atoms with Crippen LogP contribution in [-0.4, -0.2) is 23.0 Å². The molecule has 3 rings (SSSR count). The van der Waals surface area contributed by atoms with Gasteiger partial charge in [0.25, 0.3) is 5.69 Å². The molecule has 1 aromatic heterocycles. The molecule has 0 spiro atoms. The van der Waals surface area contributed by atoms with Crippen LogP contribution >= 0.6 is 0 Å². The van der Waals surface area contributed by atoms with Crippen molar-refractivity contribution in [2.24, 2.45) is 0 Å². The number of hydrogen-bond donors (Lipinski definition) is 1. The van der Waals surface area contributed by atoms with E-state index in [0.717, 1.165) is 24.5 Å². The predicted molar refractivity (Wildman–Crippen MR) is 86.1 cm³/mol. The van der Waals surface area contributed by atoms with Crippen molar-refractivity contribution in [1.82, 2.24) is 4.98 Å². The summed E-state index contributed by atoms with van der Waals surface area (Å²) in [6, 6.07) is 10.7. The van der Waals surface area contributed by atoms with Crippen molar-refractivity contribution in [1.29, 1.82) is 0 Å². The van der Waals surface area contributed by atoms with Gasteiger partial charge in [-0.15, -0.1) is 0 Å². The lowest BCUT2D eigenvalue weighted by molar-refractivity contribution is -0.384. The van der Waals surface area contributed by atoms with Gasteiger partial charge >= 0.3 is 0 Å². The summed E-state index contributed by atoms with van der Waals surface area (Å²) in [7, 11) is 0. The molecule has 1 aromatic carbocycles. The van der Waals surface area contributed by atoms with Crippen molar-refractivity contribution < 1.29 is 4.92 Å². The van der Waals surface area contributed by atoms with Crippen LogP contribution in [0.4, 0.5) is 17.2 Å². The maximum absolute atomic E-state index is 11.0. The Hall–Kier alpha value is -2.63. The standard InChI is InChI=1S/C16H18N4O2/c21-20(22)15-6-2-1-5-14(15)17-11-13-7-8-16(18-12-13)19-9-3-4-10-19/h1-2,5-8,12,17H,3-4,9-11H2. The van der Waals surface area contributed by atoms with Gasteiger partial charge in [0.2, 0.25) is 0 Å². The zero-order valence-electron chi connectivity index (χ0n) is 12.2. The average molecular weight is 298 g/mol. The van der Waals surface area contributed by atoms with Gasteiger partial charge in [-0.1, -0.05) is 18.2 Å². The minimum absolute atomic E-state index is 0.0872. The van der Waals surface area contributed by atoms with Crippen LogP contribution in [0.5, 0.6) is 0 Å². The number of aromatic nitrogens is 1. The van der Waals surface area contributed by atoms with E-state index in [1.54, 1.807) is 18.2 Å². The number of nitro groups is 1. The Kier molecular flexibility index (Phi) is 4.18. The first-order valence-electron chi connectivity index (χ1n) is 7.41. The van der Waals surface area contributed by atoms with Crippen LogP contribution in [0.3, 0.4) is 0 Å². The summed E-state index contributed by atoms with van der Waals surface area (Å²) < 4.78 is 0. The second-order valence-electron chi connectivity index (χ2n) is 5.35. The predicted octanol–water partition coefficient (Wildman–Crippen LogP) is 3.20. The number of nitrogens with one attached hydrogen (secondary N) is 1. The fourth-order valence-corrected chi connectivity index (χ4v) is 2.63. The maximum Gasteiger partial charge on any atom is 0.292 e. The second kappa shape index (κ2) is 6.43. The first-order chi connectivity index (χ1) is 10.7. The van der Waals surface area contributed by atoms with E-state index in [2.05, 4.69) is 15.2 Å². The van der Waals surface area contributed by atoms with Crippen LogP contribution < -0.4 is 10.2 Å². The topological polar surface area (TPSA) is 71.3 Å². The third kappa shape index (κ3) is 3.16. The molecule has 6 heteroatoms. The molecule has 2 aromatic rings. The van der Waals surface area contributed by atoms with Gasteiger partial charge < -0.3 is 10.2 Å². The van der Waals surface area contributed by atoms with Gasteiger partial charge in [0.05, 0.1) is 4.92 Å². The third-order valence-electron chi connectivity index (χ3n) is 3.82. The van der Waals surface area contributed by atoms with E-state index < -0.39 is 0 Å². The van der Waals surface area contributed by atoms with E-state index >= 15 is 0 Å². The number of nitro benzene ring substituents is 1. The SMILES string of the molecule is O=[N+]([O-])c1ccccc1NCc1ccc(N2CCCC2)nc1. The Morgan fingerprint density at radius 3 is 2.64 bits per heavy atom. The molecule has 0 amide bonds. The molecule has 0 bridgehead atoms. The van der Waals surface area contributed by atoms with Gasteiger partial charge in [0.1, 0.15) is 11.5 Å². The zero-order chi connectivity index (χ0) is 15.4. The van der Waals surface area contributed by atoms with Crippen LogP contribution in [0.2, 0.25) is 0 Å². The highest BCUT2D eigenvalue weighted by molar-refractivity contribution is 5.61. The molecule has 1 aliphatic heterocycles. The van der Waals surface area contributed by atoms with Crippen molar-refractivity contribution in [3.05, 3.63) is 58.3 Å². The van der Waals surface area contributed by atoms with E-state index in [4.69, 9.17) is 0 Å². The molecular weight excluding hydrogens is 280 g/mol. The van der Waals surface area contributed by atoms with Gasteiger partial charge in [0.15, 0.2) is 0 Å². The first-order valence-corrected chi connectivity index (χ1v) is 7.41. The van der Waals surface area contributed by atoms with Crippen LogP contribution in [0.15, 0.2) is 42.6 Å². The minimum Gasteiger partial charge on any atom is -0.375 e. The maximum atomic E-state index is 11.0. The molecule has 0 unspecified atom stereocenters. The summed E-state index contributed by atoms with van der Waals surface area (Å²) >= 11 is 0. The molecule has 114 valence electrons. The average Bonchev–Trinajstić information content (AvgIpc) is 3.08. The van der Waals surface area contributed by atoms with Crippen LogP contribution in [0, 0.1) is 10.1 Å². The van der Waals surface area contributed by atoms with E-state index in [-0.39, 0.29) is 10.6 Å². The molecule has 0 radical (unpaired) electrons. The molecule has 22 heavy (non-hydrogen) atoms. The van der Waals surface area contributed by atoms with Crippen LogP contribution in [-0.2, 0) is 6.54 Å². The van der Waals surface area contributed by atoms with E-state index in [1.807, 2.05) is 18.3 Å². The highest BCUT2D eigenvalue weighted by Gasteiger charge is 2.14. The van der Waals surface area contributed by atoms with Gasteiger partial charge in [-0.05, 0) is 30.5 Å². The number of benzene rings is 1. The van der Waals surface area contributed by atoms with E-state index in [9.17, 15) is 10.1 Å². The van der Waals surface area contributed by atoms with Gasteiger partial charge in [0, 0.05) is 31.9 Å². The summed E-state index contributed by atoms with van der Waals surface area (Å²) in [6.45, 7) is 2.65. The summed E-state index contributed by atoms with van der Waals surface area (Å²) in [5.41, 5.74) is 1.61.